The summed E-state index contributed by atoms with van der Waals surface area (Å²) in [6.07, 6.45) is 2.65. The summed E-state index contributed by atoms with van der Waals surface area (Å²) in [4.78, 5) is 11.6. The SMILES string of the molecule is Cn1ccc(CCNCC(=O)Nc2ccc(F)cc2)n1. The summed E-state index contributed by atoms with van der Waals surface area (Å²) in [6, 6.07) is 7.62. The number of rotatable bonds is 6. The van der Waals surface area contributed by atoms with Crippen molar-refractivity contribution in [1.82, 2.24) is 15.1 Å². The lowest BCUT2D eigenvalue weighted by atomic mass is 10.3. The molecule has 2 rings (SSSR count). The van der Waals surface area contributed by atoms with Crippen LogP contribution in [-0.2, 0) is 18.3 Å². The van der Waals surface area contributed by atoms with Crippen LogP contribution in [0, 0.1) is 5.82 Å². The van der Waals surface area contributed by atoms with E-state index in [9.17, 15) is 9.18 Å². The van der Waals surface area contributed by atoms with Crippen LogP contribution in [0.3, 0.4) is 0 Å². The molecule has 106 valence electrons. The molecule has 0 atom stereocenters. The van der Waals surface area contributed by atoms with E-state index in [-0.39, 0.29) is 18.3 Å². The number of hydrogen-bond donors (Lipinski definition) is 2. The Morgan fingerprint density at radius 1 is 1.30 bits per heavy atom. The van der Waals surface area contributed by atoms with Crippen molar-refractivity contribution >= 4 is 11.6 Å². The molecule has 6 heteroatoms. The van der Waals surface area contributed by atoms with Crippen LogP contribution < -0.4 is 10.6 Å². The van der Waals surface area contributed by atoms with Crippen molar-refractivity contribution in [3.8, 4) is 0 Å². The molecule has 0 spiro atoms. The third-order valence-electron chi connectivity index (χ3n) is 2.74. The van der Waals surface area contributed by atoms with Crippen LogP contribution in [0.15, 0.2) is 36.5 Å². The van der Waals surface area contributed by atoms with Crippen molar-refractivity contribution in [3.63, 3.8) is 0 Å². The highest BCUT2D eigenvalue weighted by Crippen LogP contribution is 2.07. The maximum absolute atomic E-state index is 12.7. The number of carbonyl (C=O) groups excluding carboxylic acids is 1. The Kier molecular flexibility index (Phi) is 4.84. The minimum Gasteiger partial charge on any atom is -0.325 e. The highest BCUT2D eigenvalue weighted by Gasteiger charge is 2.02. The molecule has 0 fully saturated rings. The first-order valence-electron chi connectivity index (χ1n) is 6.38. The molecule has 0 aliphatic rings. The summed E-state index contributed by atoms with van der Waals surface area (Å²) < 4.78 is 14.4. The molecule has 0 aliphatic carbocycles. The maximum Gasteiger partial charge on any atom is 0.238 e. The molecule has 0 saturated heterocycles. The zero-order valence-corrected chi connectivity index (χ0v) is 11.3. The van der Waals surface area contributed by atoms with E-state index in [2.05, 4.69) is 15.7 Å². The third-order valence-corrected chi connectivity index (χ3v) is 2.74. The van der Waals surface area contributed by atoms with E-state index in [1.54, 1.807) is 4.68 Å². The lowest BCUT2D eigenvalue weighted by molar-refractivity contribution is -0.115. The van der Waals surface area contributed by atoms with Crippen molar-refractivity contribution in [2.24, 2.45) is 7.05 Å². The van der Waals surface area contributed by atoms with Gasteiger partial charge in [-0.1, -0.05) is 0 Å². The third kappa shape index (κ3) is 4.47. The van der Waals surface area contributed by atoms with E-state index in [1.165, 1.54) is 24.3 Å². The summed E-state index contributed by atoms with van der Waals surface area (Å²) in [7, 11) is 1.87. The number of halogens is 1. The normalized spacial score (nSPS) is 10.5. The van der Waals surface area contributed by atoms with E-state index in [0.717, 1.165) is 12.1 Å². The van der Waals surface area contributed by atoms with Crippen LogP contribution >= 0.6 is 0 Å². The Balaban J connectivity index is 1.66. The van der Waals surface area contributed by atoms with Crippen molar-refractivity contribution < 1.29 is 9.18 Å². The second kappa shape index (κ2) is 6.81. The van der Waals surface area contributed by atoms with E-state index >= 15 is 0 Å². The van der Waals surface area contributed by atoms with Gasteiger partial charge in [-0.2, -0.15) is 5.10 Å². The Bertz CT molecular complexity index is 565. The van der Waals surface area contributed by atoms with Gasteiger partial charge in [0.05, 0.1) is 12.2 Å². The van der Waals surface area contributed by atoms with Crippen molar-refractivity contribution in [1.29, 1.82) is 0 Å². The van der Waals surface area contributed by atoms with Crippen LogP contribution in [-0.4, -0.2) is 28.8 Å². The first-order valence-corrected chi connectivity index (χ1v) is 6.38. The van der Waals surface area contributed by atoms with Gasteiger partial charge in [0.15, 0.2) is 0 Å². The number of nitrogens with zero attached hydrogens (tertiary/aromatic N) is 2. The summed E-state index contributed by atoms with van der Waals surface area (Å²) in [5, 5.41) is 9.97. The summed E-state index contributed by atoms with van der Waals surface area (Å²) in [6.45, 7) is 0.887. The highest BCUT2D eigenvalue weighted by atomic mass is 19.1. The minimum absolute atomic E-state index is 0.155. The fraction of sp³-hybridized carbons (Fsp3) is 0.286. The van der Waals surface area contributed by atoms with Gasteiger partial charge in [-0.15, -0.1) is 0 Å². The zero-order chi connectivity index (χ0) is 14.4. The number of benzene rings is 1. The summed E-state index contributed by atoms with van der Waals surface area (Å²) in [5.41, 5.74) is 1.57. The second-order valence-electron chi connectivity index (χ2n) is 4.46. The van der Waals surface area contributed by atoms with E-state index in [4.69, 9.17) is 0 Å². The smallest absolute Gasteiger partial charge is 0.238 e. The van der Waals surface area contributed by atoms with Crippen molar-refractivity contribution in [2.45, 2.75) is 6.42 Å². The number of nitrogens with one attached hydrogen (secondary N) is 2. The summed E-state index contributed by atoms with van der Waals surface area (Å²) >= 11 is 0. The molecule has 1 amide bonds. The van der Waals surface area contributed by atoms with Gasteiger partial charge in [0, 0.05) is 31.9 Å². The Hall–Kier alpha value is -2.21. The molecule has 0 unspecified atom stereocenters. The Morgan fingerprint density at radius 3 is 2.70 bits per heavy atom. The van der Waals surface area contributed by atoms with Gasteiger partial charge in [0.2, 0.25) is 5.91 Å². The predicted octanol–water partition coefficient (Wildman–Crippen LogP) is 1.33. The molecule has 2 aromatic rings. The molecular formula is C14H17FN4O. The number of anilines is 1. The van der Waals surface area contributed by atoms with Gasteiger partial charge in [0.1, 0.15) is 5.82 Å². The maximum atomic E-state index is 12.7. The topological polar surface area (TPSA) is 59.0 Å². The van der Waals surface area contributed by atoms with Gasteiger partial charge < -0.3 is 10.6 Å². The molecule has 1 aromatic heterocycles. The number of aryl methyl sites for hydroxylation is 1. The van der Waals surface area contributed by atoms with Gasteiger partial charge in [-0.05, 0) is 30.3 Å². The molecule has 5 nitrogen and oxygen atoms in total. The van der Waals surface area contributed by atoms with Crippen LogP contribution in [0.2, 0.25) is 0 Å². The van der Waals surface area contributed by atoms with Gasteiger partial charge in [0.25, 0.3) is 0 Å². The highest BCUT2D eigenvalue weighted by molar-refractivity contribution is 5.92. The van der Waals surface area contributed by atoms with E-state index < -0.39 is 0 Å². The first-order chi connectivity index (χ1) is 9.63. The van der Waals surface area contributed by atoms with Crippen molar-refractivity contribution in [3.05, 3.63) is 48.0 Å². The molecule has 1 aromatic carbocycles. The molecule has 1 heterocycles. The van der Waals surface area contributed by atoms with Crippen molar-refractivity contribution in [2.75, 3.05) is 18.4 Å². The van der Waals surface area contributed by atoms with E-state index in [1.807, 2.05) is 19.3 Å². The fourth-order valence-corrected chi connectivity index (χ4v) is 1.75. The first kappa shape index (κ1) is 14.2. The Morgan fingerprint density at radius 2 is 2.05 bits per heavy atom. The van der Waals surface area contributed by atoms with Crippen LogP contribution in [0.1, 0.15) is 5.69 Å². The molecule has 0 aliphatic heterocycles. The zero-order valence-electron chi connectivity index (χ0n) is 11.3. The Labute approximate surface area is 116 Å². The second-order valence-corrected chi connectivity index (χ2v) is 4.46. The van der Waals surface area contributed by atoms with Crippen LogP contribution in [0.25, 0.3) is 0 Å². The lowest BCUT2D eigenvalue weighted by Crippen LogP contribution is -2.29. The van der Waals surface area contributed by atoms with Crippen LogP contribution in [0.4, 0.5) is 10.1 Å². The van der Waals surface area contributed by atoms with Gasteiger partial charge in [-0.3, -0.25) is 9.48 Å². The molecule has 0 radical (unpaired) electrons. The largest absolute Gasteiger partial charge is 0.325 e. The van der Waals surface area contributed by atoms with Gasteiger partial charge in [-0.25, -0.2) is 4.39 Å². The average Bonchev–Trinajstić information content (AvgIpc) is 2.83. The lowest BCUT2D eigenvalue weighted by Gasteiger charge is -2.06. The van der Waals surface area contributed by atoms with Crippen LogP contribution in [0.5, 0.6) is 0 Å². The molecule has 0 saturated carbocycles. The minimum atomic E-state index is -0.323. The standard InChI is InChI=1S/C14H17FN4O/c1-19-9-7-13(18-19)6-8-16-10-14(20)17-12-4-2-11(15)3-5-12/h2-5,7,9,16H,6,8,10H2,1H3,(H,17,20). The molecular weight excluding hydrogens is 259 g/mol. The summed E-state index contributed by atoms with van der Waals surface area (Å²) in [5.74, 6) is -0.478. The fourth-order valence-electron chi connectivity index (χ4n) is 1.75. The van der Waals surface area contributed by atoms with Gasteiger partial charge >= 0.3 is 0 Å². The number of amides is 1. The average molecular weight is 276 g/mol. The predicted molar refractivity (Wildman–Crippen MR) is 74.8 cm³/mol. The number of aromatic nitrogens is 2. The monoisotopic (exact) mass is 276 g/mol. The molecule has 2 N–H and O–H groups in total. The van der Waals surface area contributed by atoms with E-state index in [0.29, 0.717) is 12.2 Å². The molecule has 0 bridgehead atoms. The quantitative estimate of drug-likeness (QED) is 0.783. The molecule has 20 heavy (non-hydrogen) atoms. The number of carbonyl (C=O) groups is 1. The number of hydrogen-bond acceptors (Lipinski definition) is 3.